The summed E-state index contributed by atoms with van der Waals surface area (Å²) < 4.78 is 36.9. The highest BCUT2D eigenvalue weighted by Crippen LogP contribution is 2.29. The second-order valence-corrected chi connectivity index (χ2v) is 3.45. The largest absolute Gasteiger partial charge is 0.480 e. The second kappa shape index (κ2) is 6.38. The number of carbonyl (C=O) groups is 2. The SMILES string of the molecule is CC=O.O=C(O)Cn1nc(C(F)(F)F)cc1Br. The van der Waals surface area contributed by atoms with Gasteiger partial charge in [0.25, 0.3) is 0 Å². The molecule has 0 unspecified atom stereocenters. The number of alkyl halides is 3. The molecule has 0 aliphatic carbocycles. The summed E-state index contributed by atoms with van der Waals surface area (Å²) in [6.45, 7) is 0.830. The summed E-state index contributed by atoms with van der Waals surface area (Å²) in [5.74, 6) is -1.26. The molecule has 1 N–H and O–H groups in total. The monoisotopic (exact) mass is 316 g/mol. The number of rotatable bonds is 2. The van der Waals surface area contributed by atoms with Gasteiger partial charge in [0.05, 0.1) is 0 Å². The van der Waals surface area contributed by atoms with Crippen LogP contribution < -0.4 is 0 Å². The number of hydrogen-bond acceptors (Lipinski definition) is 3. The number of carboxylic acid groups (broad SMARTS) is 1. The van der Waals surface area contributed by atoms with Gasteiger partial charge in [-0.15, -0.1) is 0 Å². The molecule has 0 saturated carbocycles. The molecule has 0 amide bonds. The lowest BCUT2D eigenvalue weighted by Crippen LogP contribution is -2.12. The van der Waals surface area contributed by atoms with Gasteiger partial charge in [0.2, 0.25) is 0 Å². The van der Waals surface area contributed by atoms with Crippen molar-refractivity contribution < 1.29 is 27.9 Å². The van der Waals surface area contributed by atoms with E-state index in [0.29, 0.717) is 4.68 Å². The van der Waals surface area contributed by atoms with Gasteiger partial charge in [-0.25, -0.2) is 4.68 Å². The number of carbonyl (C=O) groups excluding carboxylic acids is 1. The zero-order valence-electron chi connectivity index (χ0n) is 8.53. The number of aliphatic carboxylic acids is 1. The number of halogens is 4. The summed E-state index contributed by atoms with van der Waals surface area (Å²) in [5, 5.41) is 11.4. The van der Waals surface area contributed by atoms with Crippen LogP contribution in [0.2, 0.25) is 0 Å². The maximum atomic E-state index is 12.1. The van der Waals surface area contributed by atoms with Crippen molar-refractivity contribution in [3.05, 3.63) is 16.4 Å². The summed E-state index contributed by atoms with van der Waals surface area (Å²) in [7, 11) is 0. The van der Waals surface area contributed by atoms with E-state index in [4.69, 9.17) is 9.90 Å². The summed E-state index contributed by atoms with van der Waals surface area (Å²) in [4.78, 5) is 19.0. The third-order valence-corrected chi connectivity index (χ3v) is 1.94. The minimum atomic E-state index is -4.56. The molecule has 96 valence electrons. The van der Waals surface area contributed by atoms with Crippen LogP contribution >= 0.6 is 15.9 Å². The van der Waals surface area contributed by atoms with Gasteiger partial charge in [0.1, 0.15) is 17.4 Å². The van der Waals surface area contributed by atoms with Crippen LogP contribution in [0.15, 0.2) is 10.7 Å². The number of hydrogen-bond donors (Lipinski definition) is 1. The predicted molar refractivity (Wildman–Crippen MR) is 54.3 cm³/mol. The van der Waals surface area contributed by atoms with Crippen LogP contribution in [-0.4, -0.2) is 27.1 Å². The van der Waals surface area contributed by atoms with Crippen molar-refractivity contribution in [2.24, 2.45) is 0 Å². The number of aldehydes is 1. The van der Waals surface area contributed by atoms with Crippen LogP contribution in [0.5, 0.6) is 0 Å². The van der Waals surface area contributed by atoms with Gasteiger partial charge in [0, 0.05) is 6.07 Å². The highest BCUT2D eigenvalue weighted by molar-refractivity contribution is 9.10. The molecular formula is C8H8BrF3N2O3. The van der Waals surface area contributed by atoms with E-state index in [1.54, 1.807) is 0 Å². The zero-order chi connectivity index (χ0) is 13.6. The van der Waals surface area contributed by atoms with Crippen LogP contribution in [0.3, 0.4) is 0 Å². The molecule has 1 heterocycles. The molecule has 17 heavy (non-hydrogen) atoms. The molecular weight excluding hydrogens is 309 g/mol. The molecule has 0 atom stereocenters. The number of nitrogens with zero attached hydrogens (tertiary/aromatic N) is 2. The average Bonchev–Trinajstić information content (AvgIpc) is 2.47. The Morgan fingerprint density at radius 3 is 2.41 bits per heavy atom. The van der Waals surface area contributed by atoms with Gasteiger partial charge in [0.15, 0.2) is 5.69 Å². The summed E-state index contributed by atoms with van der Waals surface area (Å²) in [6, 6.07) is 0.725. The molecule has 0 fully saturated rings. The second-order valence-electron chi connectivity index (χ2n) is 2.64. The van der Waals surface area contributed by atoms with E-state index in [-0.39, 0.29) is 4.60 Å². The van der Waals surface area contributed by atoms with Gasteiger partial charge >= 0.3 is 12.1 Å². The van der Waals surface area contributed by atoms with E-state index in [0.717, 1.165) is 12.4 Å². The Balaban J connectivity index is 0.000000770. The Hall–Kier alpha value is -1.38. The Morgan fingerprint density at radius 2 is 2.12 bits per heavy atom. The van der Waals surface area contributed by atoms with Crippen molar-refractivity contribution in [1.29, 1.82) is 0 Å². The van der Waals surface area contributed by atoms with Crippen molar-refractivity contribution in [2.75, 3.05) is 0 Å². The Morgan fingerprint density at radius 1 is 1.65 bits per heavy atom. The molecule has 0 saturated heterocycles. The smallest absolute Gasteiger partial charge is 0.435 e. The van der Waals surface area contributed by atoms with E-state index in [1.807, 2.05) is 0 Å². The maximum Gasteiger partial charge on any atom is 0.435 e. The first-order valence-electron chi connectivity index (χ1n) is 4.14. The Bertz CT molecular complexity index is 403. The fraction of sp³-hybridized carbons (Fsp3) is 0.375. The molecule has 0 radical (unpaired) electrons. The molecule has 9 heteroatoms. The van der Waals surface area contributed by atoms with E-state index in [9.17, 15) is 18.0 Å². The minimum Gasteiger partial charge on any atom is -0.480 e. The highest BCUT2D eigenvalue weighted by atomic mass is 79.9. The first-order chi connectivity index (χ1) is 7.72. The molecule has 0 aliphatic heterocycles. The van der Waals surface area contributed by atoms with E-state index in [1.165, 1.54) is 6.92 Å². The van der Waals surface area contributed by atoms with Crippen molar-refractivity contribution in [3.8, 4) is 0 Å². The van der Waals surface area contributed by atoms with Gasteiger partial charge in [-0.3, -0.25) is 4.79 Å². The van der Waals surface area contributed by atoms with Crippen LogP contribution in [0.1, 0.15) is 12.6 Å². The van der Waals surface area contributed by atoms with Crippen molar-refractivity contribution in [2.45, 2.75) is 19.6 Å². The van der Waals surface area contributed by atoms with E-state index < -0.39 is 24.4 Å². The zero-order valence-corrected chi connectivity index (χ0v) is 10.1. The highest BCUT2D eigenvalue weighted by Gasteiger charge is 2.34. The van der Waals surface area contributed by atoms with E-state index >= 15 is 0 Å². The first kappa shape index (κ1) is 15.6. The standard InChI is InChI=1S/C6H4BrF3N2O2.C2H4O/c7-4-1-3(6(8,9)10)11-12(4)2-5(13)14;1-2-3/h1H,2H2,(H,13,14);2H,1H3. The lowest BCUT2D eigenvalue weighted by molar-refractivity contribution is -0.143. The lowest BCUT2D eigenvalue weighted by atomic mass is 10.4. The summed E-state index contributed by atoms with van der Waals surface area (Å²) in [6.07, 6.45) is -3.81. The minimum absolute atomic E-state index is 0.0211. The molecule has 0 aliphatic rings. The molecule has 5 nitrogen and oxygen atoms in total. The van der Waals surface area contributed by atoms with Crippen LogP contribution in [-0.2, 0) is 22.3 Å². The third kappa shape index (κ3) is 5.48. The van der Waals surface area contributed by atoms with Crippen LogP contribution in [0.25, 0.3) is 0 Å². The number of aromatic nitrogens is 2. The fourth-order valence-corrected chi connectivity index (χ4v) is 1.19. The third-order valence-electron chi connectivity index (χ3n) is 1.31. The average molecular weight is 317 g/mol. The molecule has 1 aromatic heterocycles. The predicted octanol–water partition coefficient (Wildman–Crippen LogP) is 1.95. The molecule has 1 rings (SSSR count). The Labute approximate surface area is 102 Å². The van der Waals surface area contributed by atoms with Crippen molar-refractivity contribution in [3.63, 3.8) is 0 Å². The molecule has 1 aromatic rings. The molecule has 0 bridgehead atoms. The molecule has 0 spiro atoms. The number of carboxylic acids is 1. The van der Waals surface area contributed by atoms with Crippen molar-refractivity contribution in [1.82, 2.24) is 9.78 Å². The van der Waals surface area contributed by atoms with Crippen molar-refractivity contribution >= 4 is 28.2 Å². The van der Waals surface area contributed by atoms with Crippen LogP contribution in [0.4, 0.5) is 13.2 Å². The van der Waals surface area contributed by atoms with Gasteiger partial charge in [-0.05, 0) is 22.9 Å². The topological polar surface area (TPSA) is 72.2 Å². The van der Waals surface area contributed by atoms with Crippen LogP contribution in [0, 0.1) is 0 Å². The summed E-state index contributed by atoms with van der Waals surface area (Å²) >= 11 is 2.78. The van der Waals surface area contributed by atoms with Gasteiger partial charge < -0.3 is 9.90 Å². The fourth-order valence-electron chi connectivity index (χ4n) is 0.772. The molecule has 0 aromatic carbocycles. The quantitative estimate of drug-likeness (QED) is 0.846. The normalized spacial score (nSPS) is 10.4. The maximum absolute atomic E-state index is 12.1. The Kier molecular flexibility index (Phi) is 5.86. The van der Waals surface area contributed by atoms with Gasteiger partial charge in [-0.2, -0.15) is 18.3 Å². The van der Waals surface area contributed by atoms with Gasteiger partial charge in [-0.1, -0.05) is 0 Å². The van der Waals surface area contributed by atoms with E-state index in [2.05, 4.69) is 21.0 Å². The lowest BCUT2D eigenvalue weighted by Gasteiger charge is -2.00. The summed E-state index contributed by atoms with van der Waals surface area (Å²) in [5.41, 5.74) is -1.12. The first-order valence-corrected chi connectivity index (χ1v) is 4.93.